The maximum atomic E-state index is 12.5. The Morgan fingerprint density at radius 2 is 1.67 bits per heavy atom. The maximum Gasteiger partial charge on any atom is 0.422 e. The zero-order valence-electron chi connectivity index (χ0n) is 9.02. The summed E-state index contributed by atoms with van der Waals surface area (Å²) in [4.78, 5) is 0.182. The largest absolute Gasteiger partial charge is 0.484 e. The van der Waals surface area contributed by atoms with Crippen molar-refractivity contribution in [3.63, 3.8) is 0 Å². The van der Waals surface area contributed by atoms with Crippen LogP contribution in [0.3, 0.4) is 0 Å². The Morgan fingerprint density at radius 3 is 2.11 bits per heavy atom. The molecular formula is C10H8F6OS. The van der Waals surface area contributed by atoms with E-state index in [9.17, 15) is 26.3 Å². The van der Waals surface area contributed by atoms with Crippen LogP contribution in [0.15, 0.2) is 23.1 Å². The molecule has 0 heterocycles. The molecule has 0 aliphatic heterocycles. The quantitative estimate of drug-likeness (QED) is 0.604. The predicted molar refractivity (Wildman–Crippen MR) is 54.8 cm³/mol. The SMILES string of the molecule is CSc1cc(OCC(F)(F)F)cc(C(F)(F)F)c1. The number of thioether (sulfide) groups is 1. The van der Waals surface area contributed by atoms with Gasteiger partial charge in [-0.05, 0) is 24.5 Å². The molecule has 0 saturated heterocycles. The summed E-state index contributed by atoms with van der Waals surface area (Å²) in [5.74, 6) is -0.452. The zero-order chi connectivity index (χ0) is 14.0. The van der Waals surface area contributed by atoms with E-state index >= 15 is 0 Å². The minimum atomic E-state index is -4.62. The molecule has 0 aromatic heterocycles. The van der Waals surface area contributed by atoms with Crippen LogP contribution in [0.25, 0.3) is 0 Å². The van der Waals surface area contributed by atoms with Gasteiger partial charge in [0.1, 0.15) is 5.75 Å². The average Bonchev–Trinajstić information content (AvgIpc) is 2.24. The van der Waals surface area contributed by atoms with Crippen molar-refractivity contribution >= 4 is 11.8 Å². The number of hydrogen-bond acceptors (Lipinski definition) is 2. The van der Waals surface area contributed by atoms with Crippen molar-refractivity contribution in [1.29, 1.82) is 0 Å². The zero-order valence-corrected chi connectivity index (χ0v) is 9.84. The number of rotatable bonds is 3. The summed E-state index contributed by atoms with van der Waals surface area (Å²) >= 11 is 0.985. The first-order chi connectivity index (χ1) is 8.12. The van der Waals surface area contributed by atoms with Crippen LogP contribution < -0.4 is 4.74 Å². The Morgan fingerprint density at radius 1 is 1.06 bits per heavy atom. The smallest absolute Gasteiger partial charge is 0.422 e. The number of alkyl halides is 6. The molecule has 1 aromatic carbocycles. The molecule has 0 unspecified atom stereocenters. The molecule has 0 spiro atoms. The van der Waals surface area contributed by atoms with E-state index in [1.807, 2.05) is 0 Å². The average molecular weight is 290 g/mol. The lowest BCUT2D eigenvalue weighted by Gasteiger charge is -2.13. The van der Waals surface area contributed by atoms with Gasteiger partial charge in [0.2, 0.25) is 0 Å². The van der Waals surface area contributed by atoms with Crippen LogP contribution in [0, 0.1) is 0 Å². The second-order valence-corrected chi connectivity index (χ2v) is 4.18. The topological polar surface area (TPSA) is 9.23 Å². The Kier molecular flexibility index (Phi) is 4.41. The van der Waals surface area contributed by atoms with E-state index in [2.05, 4.69) is 4.74 Å². The van der Waals surface area contributed by atoms with Crippen molar-refractivity contribution in [2.24, 2.45) is 0 Å². The molecule has 102 valence electrons. The molecule has 1 rings (SSSR count). The number of halogens is 6. The third-order valence-electron chi connectivity index (χ3n) is 1.85. The van der Waals surface area contributed by atoms with Crippen molar-refractivity contribution in [3.05, 3.63) is 23.8 Å². The van der Waals surface area contributed by atoms with Gasteiger partial charge < -0.3 is 4.74 Å². The lowest BCUT2D eigenvalue weighted by atomic mass is 10.2. The van der Waals surface area contributed by atoms with Gasteiger partial charge in [0, 0.05) is 4.90 Å². The summed E-state index contributed by atoms with van der Waals surface area (Å²) in [6.45, 7) is -1.62. The second-order valence-electron chi connectivity index (χ2n) is 3.30. The van der Waals surface area contributed by atoms with Crippen molar-refractivity contribution in [2.75, 3.05) is 12.9 Å². The summed E-state index contributed by atoms with van der Waals surface area (Å²) in [6.07, 6.45) is -7.70. The predicted octanol–water partition coefficient (Wildman–Crippen LogP) is 4.37. The Labute approximate surface area is 103 Å². The highest BCUT2D eigenvalue weighted by atomic mass is 32.2. The first-order valence-corrected chi connectivity index (χ1v) is 5.80. The van der Waals surface area contributed by atoms with Gasteiger partial charge in [-0.2, -0.15) is 26.3 Å². The summed E-state index contributed by atoms with van der Waals surface area (Å²) < 4.78 is 77.4. The highest BCUT2D eigenvalue weighted by Gasteiger charge is 2.32. The summed E-state index contributed by atoms with van der Waals surface area (Å²) in [5.41, 5.74) is -1.04. The van der Waals surface area contributed by atoms with Crippen molar-refractivity contribution in [2.45, 2.75) is 17.2 Å². The summed E-state index contributed by atoms with van der Waals surface area (Å²) in [7, 11) is 0. The highest BCUT2D eigenvalue weighted by Crippen LogP contribution is 2.35. The van der Waals surface area contributed by atoms with E-state index in [-0.39, 0.29) is 4.90 Å². The van der Waals surface area contributed by atoms with Crippen LogP contribution in [0.4, 0.5) is 26.3 Å². The van der Waals surface area contributed by atoms with Crippen LogP contribution in [0.1, 0.15) is 5.56 Å². The van der Waals surface area contributed by atoms with Crippen LogP contribution in [0.5, 0.6) is 5.75 Å². The van der Waals surface area contributed by atoms with Crippen molar-refractivity contribution in [3.8, 4) is 5.75 Å². The normalized spacial score (nSPS) is 12.6. The Hall–Kier alpha value is -1.05. The lowest BCUT2D eigenvalue weighted by Crippen LogP contribution is -2.19. The standard InChI is InChI=1S/C10H8F6OS/c1-18-8-3-6(10(14,15)16)2-7(4-8)17-5-9(11,12)13/h2-4H,5H2,1H3. The molecule has 0 aliphatic rings. The van der Waals surface area contributed by atoms with Crippen LogP contribution >= 0.6 is 11.8 Å². The second kappa shape index (κ2) is 5.29. The fourth-order valence-electron chi connectivity index (χ4n) is 1.10. The van der Waals surface area contributed by atoms with Gasteiger partial charge in [0.05, 0.1) is 5.56 Å². The molecule has 1 aromatic rings. The molecule has 0 amide bonds. The van der Waals surface area contributed by atoms with Crippen molar-refractivity contribution in [1.82, 2.24) is 0 Å². The number of hydrogen-bond donors (Lipinski definition) is 0. The number of ether oxygens (including phenoxy) is 1. The molecule has 18 heavy (non-hydrogen) atoms. The molecule has 8 heteroatoms. The first-order valence-electron chi connectivity index (χ1n) is 4.57. The molecule has 0 saturated carbocycles. The van der Waals surface area contributed by atoms with Gasteiger partial charge in [-0.25, -0.2) is 0 Å². The van der Waals surface area contributed by atoms with Gasteiger partial charge in [0.15, 0.2) is 6.61 Å². The third kappa shape index (κ3) is 4.67. The third-order valence-corrected chi connectivity index (χ3v) is 2.55. The lowest BCUT2D eigenvalue weighted by molar-refractivity contribution is -0.153. The minimum absolute atomic E-state index is 0.182. The van der Waals surface area contributed by atoms with E-state index in [0.717, 1.165) is 23.9 Å². The molecule has 0 fully saturated rings. The molecule has 0 radical (unpaired) electrons. The molecule has 0 N–H and O–H groups in total. The maximum absolute atomic E-state index is 12.5. The molecule has 0 atom stereocenters. The summed E-state index contributed by atoms with van der Waals surface area (Å²) in [5, 5.41) is 0. The Balaban J connectivity index is 2.98. The monoisotopic (exact) mass is 290 g/mol. The van der Waals surface area contributed by atoms with E-state index in [1.54, 1.807) is 0 Å². The van der Waals surface area contributed by atoms with Gasteiger partial charge in [-0.15, -0.1) is 11.8 Å². The first kappa shape index (κ1) is 15.0. The minimum Gasteiger partial charge on any atom is -0.484 e. The van der Waals surface area contributed by atoms with Gasteiger partial charge in [-0.3, -0.25) is 0 Å². The van der Waals surface area contributed by atoms with Crippen molar-refractivity contribution < 1.29 is 31.1 Å². The van der Waals surface area contributed by atoms with Gasteiger partial charge in [-0.1, -0.05) is 0 Å². The number of benzene rings is 1. The fraction of sp³-hybridized carbons (Fsp3) is 0.400. The Bertz CT molecular complexity index is 412. The van der Waals surface area contributed by atoms with Crippen LogP contribution in [0.2, 0.25) is 0 Å². The van der Waals surface area contributed by atoms with E-state index in [0.29, 0.717) is 6.07 Å². The van der Waals surface area contributed by atoms with E-state index < -0.39 is 30.3 Å². The van der Waals surface area contributed by atoms with Crippen LogP contribution in [-0.4, -0.2) is 19.0 Å². The summed E-state index contributed by atoms with van der Waals surface area (Å²) in [6, 6.07) is 2.53. The van der Waals surface area contributed by atoms with Crippen LogP contribution in [-0.2, 0) is 6.18 Å². The molecule has 0 aliphatic carbocycles. The van der Waals surface area contributed by atoms with E-state index in [4.69, 9.17) is 0 Å². The highest BCUT2D eigenvalue weighted by molar-refractivity contribution is 7.98. The fourth-order valence-corrected chi connectivity index (χ4v) is 1.58. The van der Waals surface area contributed by atoms with Gasteiger partial charge >= 0.3 is 12.4 Å². The van der Waals surface area contributed by atoms with E-state index in [1.165, 1.54) is 6.26 Å². The molecule has 0 bridgehead atoms. The molecular weight excluding hydrogens is 282 g/mol. The van der Waals surface area contributed by atoms with Gasteiger partial charge in [0.25, 0.3) is 0 Å². The molecule has 1 nitrogen and oxygen atoms in total.